The maximum absolute atomic E-state index is 13.3. The number of hydrogen-bond donors (Lipinski definition) is 2. The molecule has 0 radical (unpaired) electrons. The van der Waals surface area contributed by atoms with Gasteiger partial charge in [0.25, 0.3) is 17.7 Å². The molecule has 1 saturated heterocycles. The van der Waals surface area contributed by atoms with Gasteiger partial charge in [-0.2, -0.15) is 0 Å². The number of halogens is 2. The number of rotatable bonds is 8. The van der Waals surface area contributed by atoms with Crippen molar-refractivity contribution in [1.29, 1.82) is 0 Å². The summed E-state index contributed by atoms with van der Waals surface area (Å²) < 4.78 is 12.1. The van der Waals surface area contributed by atoms with E-state index < -0.39 is 17.8 Å². The van der Waals surface area contributed by atoms with Crippen molar-refractivity contribution in [1.82, 2.24) is 5.32 Å². The molecule has 0 saturated carbocycles. The zero-order valence-electron chi connectivity index (χ0n) is 21.8. The molecule has 40 heavy (non-hydrogen) atoms. The third-order valence-electron chi connectivity index (χ3n) is 5.97. The lowest BCUT2D eigenvalue weighted by atomic mass is 10.0. The van der Waals surface area contributed by atoms with Gasteiger partial charge in [0.15, 0.2) is 18.1 Å². The number of urea groups is 1. The molecule has 0 aromatic heterocycles. The lowest BCUT2D eigenvalue weighted by Gasteiger charge is -2.27. The quantitative estimate of drug-likeness (QED) is 0.182. The molecule has 2 N–H and O–H groups in total. The van der Waals surface area contributed by atoms with Crippen LogP contribution >= 0.6 is 34.2 Å². The largest absolute Gasteiger partial charge is 0.490 e. The highest BCUT2D eigenvalue weighted by Gasteiger charge is 2.37. The fourth-order valence-electron chi connectivity index (χ4n) is 3.87. The van der Waals surface area contributed by atoms with Crippen molar-refractivity contribution >= 4 is 75.4 Å². The number of imide groups is 2. The van der Waals surface area contributed by atoms with Crippen LogP contribution in [0.4, 0.5) is 16.2 Å². The highest BCUT2D eigenvalue weighted by molar-refractivity contribution is 14.1. The Hall–Kier alpha value is -3.90. The molecule has 0 aliphatic carbocycles. The Kier molecular flexibility index (Phi) is 9.10. The fourth-order valence-corrected chi connectivity index (χ4v) is 4.77. The summed E-state index contributed by atoms with van der Waals surface area (Å²) >= 11 is 7.90. The number of hydrogen-bond acceptors (Lipinski definition) is 6. The van der Waals surface area contributed by atoms with Gasteiger partial charge in [-0.25, -0.2) is 9.69 Å². The lowest BCUT2D eigenvalue weighted by Crippen LogP contribution is -2.54. The number of carbonyl (C=O) groups is 4. The molecule has 0 unspecified atom stereocenters. The van der Waals surface area contributed by atoms with Crippen LogP contribution < -0.4 is 25.0 Å². The average molecular weight is 674 g/mol. The van der Waals surface area contributed by atoms with Gasteiger partial charge < -0.3 is 14.8 Å². The predicted octanol–water partition coefficient (Wildman–Crippen LogP) is 5.64. The summed E-state index contributed by atoms with van der Waals surface area (Å²) in [5.41, 5.74) is 3.08. The van der Waals surface area contributed by atoms with Crippen LogP contribution in [0.5, 0.6) is 11.5 Å². The minimum Gasteiger partial charge on any atom is -0.490 e. The summed E-state index contributed by atoms with van der Waals surface area (Å²) in [6.07, 6.45) is 1.39. The number of aryl methyl sites for hydroxylation is 2. The number of anilines is 2. The van der Waals surface area contributed by atoms with Crippen LogP contribution in [0.3, 0.4) is 0 Å². The Labute approximate surface area is 249 Å². The molecule has 11 heteroatoms. The van der Waals surface area contributed by atoms with Crippen molar-refractivity contribution in [3.05, 3.63) is 85.5 Å². The summed E-state index contributed by atoms with van der Waals surface area (Å²) in [7, 11) is 0. The van der Waals surface area contributed by atoms with Crippen LogP contribution in [-0.4, -0.2) is 37.0 Å². The SMILES string of the molecule is CCOc1cc(/C=C2\C(=O)NC(=O)N(c3ccc(C)c(C)c3)C2=O)cc(I)c1OCC(=O)Nc1ccc(Cl)cc1. The molecule has 3 aromatic carbocycles. The Morgan fingerprint density at radius 2 is 1.75 bits per heavy atom. The Morgan fingerprint density at radius 1 is 1.02 bits per heavy atom. The molecule has 4 rings (SSSR count). The van der Waals surface area contributed by atoms with Gasteiger partial charge >= 0.3 is 6.03 Å². The lowest BCUT2D eigenvalue weighted by molar-refractivity contribution is -0.122. The van der Waals surface area contributed by atoms with E-state index in [2.05, 4.69) is 10.6 Å². The maximum atomic E-state index is 13.3. The van der Waals surface area contributed by atoms with Crippen LogP contribution in [0.1, 0.15) is 23.6 Å². The molecule has 3 aromatic rings. The molecule has 9 nitrogen and oxygen atoms in total. The van der Waals surface area contributed by atoms with E-state index in [9.17, 15) is 19.2 Å². The average Bonchev–Trinajstić information content (AvgIpc) is 2.89. The Bertz CT molecular complexity index is 1540. The van der Waals surface area contributed by atoms with Crippen molar-refractivity contribution < 1.29 is 28.7 Å². The van der Waals surface area contributed by atoms with Gasteiger partial charge in [-0.05, 0) is 115 Å². The second-order valence-electron chi connectivity index (χ2n) is 8.83. The summed E-state index contributed by atoms with van der Waals surface area (Å²) in [5, 5.41) is 5.51. The molecule has 1 fully saturated rings. The molecular weight excluding hydrogens is 649 g/mol. The van der Waals surface area contributed by atoms with E-state index in [0.717, 1.165) is 16.0 Å². The molecule has 5 amide bonds. The third-order valence-corrected chi connectivity index (χ3v) is 7.02. The van der Waals surface area contributed by atoms with E-state index in [1.54, 1.807) is 61.5 Å². The van der Waals surface area contributed by atoms with E-state index in [4.69, 9.17) is 21.1 Å². The molecule has 206 valence electrons. The molecule has 1 aliphatic rings. The Balaban J connectivity index is 1.58. The van der Waals surface area contributed by atoms with Crippen LogP contribution in [0.2, 0.25) is 5.02 Å². The Morgan fingerprint density at radius 3 is 2.42 bits per heavy atom. The first-order valence-corrected chi connectivity index (χ1v) is 13.7. The summed E-state index contributed by atoms with van der Waals surface area (Å²) in [4.78, 5) is 51.9. The van der Waals surface area contributed by atoms with Crippen molar-refractivity contribution in [2.24, 2.45) is 0 Å². The number of ether oxygens (including phenoxy) is 2. The number of amides is 5. The van der Waals surface area contributed by atoms with E-state index in [1.165, 1.54) is 6.08 Å². The number of nitrogens with zero attached hydrogens (tertiary/aromatic N) is 1. The standard InChI is InChI=1S/C29H25ClIN3O6/c1-4-39-24-14-18(13-23(31)26(24)40-15-25(35)32-20-8-6-19(30)7-9-20)12-22-27(36)33-29(38)34(28(22)37)21-10-5-16(2)17(3)11-21/h5-14H,4,15H2,1-3H3,(H,32,35)(H,33,36,38)/b22-12+. The molecule has 0 bridgehead atoms. The second-order valence-corrected chi connectivity index (χ2v) is 10.4. The second kappa shape index (κ2) is 12.5. The van der Waals surface area contributed by atoms with Gasteiger partial charge in [-0.1, -0.05) is 17.7 Å². The molecular formula is C29H25ClIN3O6. The highest BCUT2D eigenvalue weighted by Crippen LogP contribution is 2.35. The zero-order valence-corrected chi connectivity index (χ0v) is 24.8. The first-order valence-electron chi connectivity index (χ1n) is 12.2. The zero-order chi connectivity index (χ0) is 29.0. The molecule has 1 heterocycles. The van der Waals surface area contributed by atoms with Crippen LogP contribution in [-0.2, 0) is 14.4 Å². The van der Waals surface area contributed by atoms with E-state index in [-0.39, 0.29) is 18.1 Å². The van der Waals surface area contributed by atoms with Gasteiger partial charge in [0.1, 0.15) is 5.57 Å². The fraction of sp³-hybridized carbons (Fsp3) is 0.172. The molecule has 0 atom stereocenters. The number of nitrogens with one attached hydrogen (secondary N) is 2. The number of carbonyl (C=O) groups excluding carboxylic acids is 4. The third kappa shape index (κ3) is 6.62. The van der Waals surface area contributed by atoms with Gasteiger partial charge in [0.2, 0.25) is 0 Å². The normalized spacial score (nSPS) is 14.3. The van der Waals surface area contributed by atoms with Crippen LogP contribution in [0.25, 0.3) is 6.08 Å². The van der Waals surface area contributed by atoms with Crippen molar-refractivity contribution in [3.8, 4) is 11.5 Å². The minimum atomic E-state index is -0.819. The predicted molar refractivity (Wildman–Crippen MR) is 161 cm³/mol. The van der Waals surface area contributed by atoms with E-state index >= 15 is 0 Å². The first-order chi connectivity index (χ1) is 19.1. The summed E-state index contributed by atoms with van der Waals surface area (Å²) in [5.74, 6) is -1.27. The van der Waals surface area contributed by atoms with Gasteiger partial charge in [0.05, 0.1) is 15.9 Å². The molecule has 0 spiro atoms. The van der Waals surface area contributed by atoms with E-state index in [0.29, 0.717) is 43.6 Å². The van der Waals surface area contributed by atoms with Crippen molar-refractivity contribution in [3.63, 3.8) is 0 Å². The monoisotopic (exact) mass is 673 g/mol. The van der Waals surface area contributed by atoms with Gasteiger partial charge in [0, 0.05) is 10.7 Å². The van der Waals surface area contributed by atoms with Gasteiger partial charge in [-0.3, -0.25) is 19.7 Å². The first kappa shape index (κ1) is 29.1. The topological polar surface area (TPSA) is 114 Å². The molecule has 1 aliphatic heterocycles. The van der Waals surface area contributed by atoms with E-state index in [1.807, 2.05) is 36.4 Å². The number of barbiturate groups is 1. The summed E-state index contributed by atoms with van der Waals surface area (Å²) in [6, 6.07) is 14.3. The van der Waals surface area contributed by atoms with Crippen LogP contribution in [0.15, 0.2) is 60.2 Å². The number of benzene rings is 3. The highest BCUT2D eigenvalue weighted by atomic mass is 127. The van der Waals surface area contributed by atoms with Crippen molar-refractivity contribution in [2.45, 2.75) is 20.8 Å². The minimum absolute atomic E-state index is 0.216. The van der Waals surface area contributed by atoms with Crippen molar-refractivity contribution in [2.75, 3.05) is 23.4 Å². The maximum Gasteiger partial charge on any atom is 0.335 e. The van der Waals surface area contributed by atoms with Crippen LogP contribution in [0, 0.1) is 17.4 Å². The van der Waals surface area contributed by atoms with Gasteiger partial charge in [-0.15, -0.1) is 0 Å². The summed E-state index contributed by atoms with van der Waals surface area (Å²) in [6.45, 7) is 5.60. The smallest absolute Gasteiger partial charge is 0.335 e.